The number of likely N-dealkylation sites (N-methyl/N-ethyl adjacent to an activating group) is 1. The number of carbonyl (C=O) groups is 1. The van der Waals surface area contributed by atoms with Crippen LogP contribution in [0.1, 0.15) is 19.4 Å². The minimum absolute atomic E-state index is 0.0643. The van der Waals surface area contributed by atoms with E-state index < -0.39 is 15.4 Å². The van der Waals surface area contributed by atoms with E-state index in [2.05, 4.69) is 4.72 Å². The number of halogens is 1. The van der Waals surface area contributed by atoms with Gasteiger partial charge in [-0.25, -0.2) is 8.42 Å². The first-order valence-corrected chi connectivity index (χ1v) is 9.73. The second-order valence-corrected chi connectivity index (χ2v) is 8.74. The third kappa shape index (κ3) is 2.91. The molecule has 1 N–H and O–H groups in total. The smallest absolute Gasteiger partial charge is 0.262 e. The van der Waals surface area contributed by atoms with Crippen molar-refractivity contribution in [2.75, 3.05) is 23.8 Å². The van der Waals surface area contributed by atoms with Gasteiger partial charge in [-0.15, -0.1) is 0 Å². The number of sulfonamides is 1. The van der Waals surface area contributed by atoms with Crippen molar-refractivity contribution in [2.24, 2.45) is 0 Å². The van der Waals surface area contributed by atoms with Gasteiger partial charge in [0.05, 0.1) is 23.1 Å². The summed E-state index contributed by atoms with van der Waals surface area (Å²) in [5.74, 6) is 0.279. The maximum atomic E-state index is 12.8. The van der Waals surface area contributed by atoms with Gasteiger partial charge >= 0.3 is 0 Å². The van der Waals surface area contributed by atoms with Gasteiger partial charge < -0.3 is 9.64 Å². The molecule has 6 nitrogen and oxygen atoms in total. The fraction of sp³-hybridized carbons (Fsp3) is 0.278. The molecule has 8 heteroatoms. The number of ether oxygens (including phenoxy) is 1. The fourth-order valence-corrected chi connectivity index (χ4v) is 4.34. The molecular formula is C18H19ClN2O4S. The second kappa shape index (κ2) is 6.17. The van der Waals surface area contributed by atoms with Crippen LogP contribution in [0.3, 0.4) is 0 Å². The van der Waals surface area contributed by atoms with E-state index in [0.717, 1.165) is 0 Å². The Hall–Kier alpha value is -2.25. The maximum absolute atomic E-state index is 12.8. The molecule has 1 heterocycles. The molecule has 3 rings (SSSR count). The summed E-state index contributed by atoms with van der Waals surface area (Å²) in [5, 5.41) is 0.380. The summed E-state index contributed by atoms with van der Waals surface area (Å²) < 4.78 is 33.4. The molecule has 1 aliphatic rings. The summed E-state index contributed by atoms with van der Waals surface area (Å²) in [6.45, 7) is 3.56. The van der Waals surface area contributed by atoms with E-state index in [1.165, 1.54) is 25.3 Å². The van der Waals surface area contributed by atoms with Gasteiger partial charge in [0.25, 0.3) is 10.0 Å². The van der Waals surface area contributed by atoms with Crippen LogP contribution in [0.2, 0.25) is 5.02 Å². The van der Waals surface area contributed by atoms with Crippen molar-refractivity contribution in [3.63, 3.8) is 0 Å². The highest BCUT2D eigenvalue weighted by molar-refractivity contribution is 7.92. The molecule has 1 aliphatic heterocycles. The number of nitrogens with one attached hydrogen (secondary N) is 1. The first-order chi connectivity index (χ1) is 12.1. The summed E-state index contributed by atoms with van der Waals surface area (Å²) in [6, 6.07) is 9.33. The molecule has 0 atom stereocenters. The molecule has 0 aliphatic carbocycles. The minimum Gasteiger partial charge on any atom is -0.495 e. The number of nitrogens with zero attached hydrogens (tertiary/aromatic N) is 1. The van der Waals surface area contributed by atoms with Crippen molar-refractivity contribution in [3.05, 3.63) is 47.0 Å². The SMILES string of the molecule is COc1ccc(Cl)cc1NS(=O)(=O)c1ccc2c(c1)C(C)(C)C(=O)N2C. The van der Waals surface area contributed by atoms with Gasteiger partial charge in [0, 0.05) is 17.8 Å². The Morgan fingerprint density at radius 3 is 2.50 bits per heavy atom. The van der Waals surface area contributed by atoms with Crippen molar-refractivity contribution in [3.8, 4) is 5.75 Å². The highest BCUT2D eigenvalue weighted by atomic mass is 35.5. The Kier molecular flexibility index (Phi) is 4.40. The number of benzene rings is 2. The number of fused-ring (bicyclic) bond motifs is 1. The van der Waals surface area contributed by atoms with Crippen LogP contribution in [0.15, 0.2) is 41.3 Å². The molecule has 1 amide bonds. The average molecular weight is 395 g/mol. The Bertz CT molecular complexity index is 1000. The molecule has 0 fully saturated rings. The number of hydrogen-bond acceptors (Lipinski definition) is 4. The van der Waals surface area contributed by atoms with Gasteiger partial charge in [-0.3, -0.25) is 9.52 Å². The molecular weight excluding hydrogens is 376 g/mol. The van der Waals surface area contributed by atoms with Gasteiger partial charge in [-0.1, -0.05) is 11.6 Å². The monoisotopic (exact) mass is 394 g/mol. The lowest BCUT2D eigenvalue weighted by Gasteiger charge is -2.17. The lowest BCUT2D eigenvalue weighted by molar-refractivity contribution is -0.121. The van der Waals surface area contributed by atoms with Crippen LogP contribution < -0.4 is 14.4 Å². The zero-order valence-electron chi connectivity index (χ0n) is 14.8. The van der Waals surface area contributed by atoms with Gasteiger partial charge in [-0.2, -0.15) is 0 Å². The number of rotatable bonds is 4. The van der Waals surface area contributed by atoms with Crippen molar-refractivity contribution in [2.45, 2.75) is 24.2 Å². The van der Waals surface area contributed by atoms with Crippen LogP contribution in [-0.4, -0.2) is 28.5 Å². The zero-order valence-corrected chi connectivity index (χ0v) is 16.4. The van der Waals surface area contributed by atoms with Crippen LogP contribution in [-0.2, 0) is 20.2 Å². The van der Waals surface area contributed by atoms with Crippen LogP contribution in [0, 0.1) is 0 Å². The quantitative estimate of drug-likeness (QED) is 0.862. The number of carbonyl (C=O) groups excluding carboxylic acids is 1. The highest BCUT2D eigenvalue weighted by Crippen LogP contribution is 2.42. The number of methoxy groups -OCH3 is 1. The molecule has 2 aromatic carbocycles. The Morgan fingerprint density at radius 1 is 1.15 bits per heavy atom. The Morgan fingerprint density at radius 2 is 1.85 bits per heavy atom. The first-order valence-electron chi connectivity index (χ1n) is 7.87. The van der Waals surface area contributed by atoms with Crippen molar-refractivity contribution in [1.82, 2.24) is 0 Å². The van der Waals surface area contributed by atoms with Crippen LogP contribution in [0.4, 0.5) is 11.4 Å². The summed E-state index contributed by atoms with van der Waals surface area (Å²) in [5.41, 5.74) is 0.835. The fourth-order valence-electron chi connectivity index (χ4n) is 3.08. The predicted octanol–water partition coefficient (Wildman–Crippen LogP) is 3.40. The van der Waals surface area contributed by atoms with Gasteiger partial charge in [0.2, 0.25) is 5.91 Å². The van der Waals surface area contributed by atoms with Crippen molar-refractivity contribution in [1.29, 1.82) is 0 Å². The molecule has 0 aromatic heterocycles. The third-order valence-corrected chi connectivity index (χ3v) is 6.16. The molecule has 2 aromatic rings. The van der Waals surface area contributed by atoms with Crippen molar-refractivity contribution >= 4 is 38.9 Å². The van der Waals surface area contributed by atoms with Gasteiger partial charge in [-0.05, 0) is 55.8 Å². The molecule has 26 heavy (non-hydrogen) atoms. The number of anilines is 2. The average Bonchev–Trinajstić information content (AvgIpc) is 2.75. The molecule has 0 saturated heterocycles. The van der Waals surface area contributed by atoms with Crippen molar-refractivity contribution < 1.29 is 17.9 Å². The van der Waals surface area contributed by atoms with E-state index in [1.807, 2.05) is 0 Å². The number of amides is 1. The third-order valence-electron chi connectivity index (χ3n) is 4.56. The maximum Gasteiger partial charge on any atom is 0.262 e. The van der Waals surface area contributed by atoms with Crippen LogP contribution in [0.25, 0.3) is 0 Å². The van der Waals surface area contributed by atoms with E-state index in [0.29, 0.717) is 22.0 Å². The van der Waals surface area contributed by atoms with Gasteiger partial charge in [0.1, 0.15) is 5.75 Å². The molecule has 0 bridgehead atoms. The number of hydrogen-bond donors (Lipinski definition) is 1. The highest BCUT2D eigenvalue weighted by Gasteiger charge is 2.42. The Labute approximate surface area is 157 Å². The van der Waals surface area contributed by atoms with Crippen LogP contribution in [0.5, 0.6) is 5.75 Å². The normalized spacial score (nSPS) is 15.7. The second-order valence-electron chi connectivity index (χ2n) is 6.62. The molecule has 0 saturated carbocycles. The lowest BCUT2D eigenvalue weighted by Crippen LogP contribution is -2.33. The lowest BCUT2D eigenvalue weighted by atomic mass is 9.86. The minimum atomic E-state index is -3.89. The van der Waals surface area contributed by atoms with E-state index in [1.54, 1.807) is 44.0 Å². The topological polar surface area (TPSA) is 75.7 Å². The van der Waals surface area contributed by atoms with E-state index in [9.17, 15) is 13.2 Å². The molecule has 0 spiro atoms. The molecule has 0 unspecified atom stereocenters. The van der Waals surface area contributed by atoms with Gasteiger partial charge in [0.15, 0.2) is 0 Å². The summed E-state index contributed by atoms with van der Waals surface area (Å²) in [4.78, 5) is 14.0. The zero-order chi connectivity index (χ0) is 19.3. The van der Waals surface area contributed by atoms with E-state index in [4.69, 9.17) is 16.3 Å². The van der Waals surface area contributed by atoms with Crippen LogP contribution >= 0.6 is 11.6 Å². The largest absolute Gasteiger partial charge is 0.495 e. The molecule has 138 valence electrons. The standard InChI is InChI=1S/C18H19ClN2O4S/c1-18(2)13-10-12(6-7-15(13)21(3)17(18)22)26(23,24)20-14-9-11(19)5-8-16(14)25-4/h5-10,20H,1-4H3. The first kappa shape index (κ1) is 18.5. The summed E-state index contributed by atoms with van der Waals surface area (Å²) >= 11 is 5.96. The van der Waals surface area contributed by atoms with E-state index >= 15 is 0 Å². The van der Waals surface area contributed by atoms with E-state index in [-0.39, 0.29) is 16.5 Å². The molecule has 0 radical (unpaired) electrons. The Balaban J connectivity index is 2.04. The predicted molar refractivity (Wildman–Crippen MR) is 102 cm³/mol. The summed E-state index contributed by atoms with van der Waals surface area (Å²) in [6.07, 6.45) is 0. The summed E-state index contributed by atoms with van der Waals surface area (Å²) in [7, 11) is -0.763.